The first-order chi connectivity index (χ1) is 9.54. The standard InChI is InChI=1S/C14H19NO5/c1-20-12-6-3-2-5-11(12)15(10-8-14(18)19)9-4-7-13(16)17/h2-3,5-6H,4,7-10H2,1H3,(H,16,17)(H,18,19). The van der Waals surface area contributed by atoms with E-state index in [0.29, 0.717) is 25.3 Å². The number of carboxylic acids is 2. The molecule has 0 amide bonds. The Morgan fingerprint density at radius 1 is 1.10 bits per heavy atom. The summed E-state index contributed by atoms with van der Waals surface area (Å²) in [6, 6.07) is 7.29. The number of anilines is 1. The van der Waals surface area contributed by atoms with Crippen LogP contribution in [0, 0.1) is 0 Å². The summed E-state index contributed by atoms with van der Waals surface area (Å²) in [6.07, 6.45) is 0.497. The topological polar surface area (TPSA) is 87.1 Å². The molecule has 0 atom stereocenters. The summed E-state index contributed by atoms with van der Waals surface area (Å²) in [6.45, 7) is 0.787. The zero-order chi connectivity index (χ0) is 15.0. The molecule has 0 unspecified atom stereocenters. The predicted octanol–water partition coefficient (Wildman–Crippen LogP) is 1.84. The van der Waals surface area contributed by atoms with Crippen molar-refractivity contribution in [2.24, 2.45) is 0 Å². The SMILES string of the molecule is COc1ccccc1N(CCCC(=O)O)CCC(=O)O. The van der Waals surface area contributed by atoms with Gasteiger partial charge in [-0.15, -0.1) is 0 Å². The van der Waals surface area contributed by atoms with Crippen LogP contribution in [0.2, 0.25) is 0 Å². The molecule has 0 saturated heterocycles. The first-order valence-electron chi connectivity index (χ1n) is 6.36. The van der Waals surface area contributed by atoms with Crippen LogP contribution in [0.4, 0.5) is 5.69 Å². The molecule has 1 rings (SSSR count). The van der Waals surface area contributed by atoms with Crippen LogP contribution in [0.25, 0.3) is 0 Å². The Morgan fingerprint density at radius 3 is 2.35 bits per heavy atom. The maximum Gasteiger partial charge on any atom is 0.305 e. The molecule has 6 heteroatoms. The molecule has 110 valence electrons. The Balaban J connectivity index is 2.79. The van der Waals surface area contributed by atoms with Gasteiger partial charge in [0.15, 0.2) is 0 Å². The summed E-state index contributed by atoms with van der Waals surface area (Å²) in [5, 5.41) is 17.5. The van der Waals surface area contributed by atoms with Gasteiger partial charge in [0.1, 0.15) is 5.75 Å². The quantitative estimate of drug-likeness (QED) is 0.718. The molecule has 1 aromatic rings. The summed E-state index contributed by atoms with van der Waals surface area (Å²) in [5.41, 5.74) is 0.779. The van der Waals surface area contributed by atoms with E-state index < -0.39 is 11.9 Å². The number of carboxylic acid groups (broad SMARTS) is 2. The number of ether oxygens (including phenoxy) is 1. The number of nitrogens with zero attached hydrogens (tertiary/aromatic N) is 1. The maximum atomic E-state index is 10.7. The van der Waals surface area contributed by atoms with Gasteiger partial charge in [-0.05, 0) is 18.6 Å². The van der Waals surface area contributed by atoms with E-state index in [-0.39, 0.29) is 12.8 Å². The number of hydrogen-bond acceptors (Lipinski definition) is 4. The van der Waals surface area contributed by atoms with Gasteiger partial charge in [-0.2, -0.15) is 0 Å². The van der Waals surface area contributed by atoms with Crippen molar-refractivity contribution < 1.29 is 24.5 Å². The van der Waals surface area contributed by atoms with E-state index in [4.69, 9.17) is 14.9 Å². The highest BCUT2D eigenvalue weighted by atomic mass is 16.5. The van der Waals surface area contributed by atoms with Crippen molar-refractivity contribution in [3.05, 3.63) is 24.3 Å². The summed E-state index contributed by atoms with van der Waals surface area (Å²) < 4.78 is 5.26. The number of rotatable bonds is 9. The van der Waals surface area contributed by atoms with Crippen molar-refractivity contribution in [1.82, 2.24) is 0 Å². The average Bonchev–Trinajstić information content (AvgIpc) is 2.42. The van der Waals surface area contributed by atoms with Gasteiger partial charge in [0, 0.05) is 19.5 Å². The molecule has 0 bridgehead atoms. The van der Waals surface area contributed by atoms with Crippen molar-refractivity contribution in [3.63, 3.8) is 0 Å². The molecule has 1 aromatic carbocycles. The van der Waals surface area contributed by atoms with Crippen molar-refractivity contribution in [2.45, 2.75) is 19.3 Å². The van der Waals surface area contributed by atoms with E-state index in [0.717, 1.165) is 5.69 Å². The summed E-state index contributed by atoms with van der Waals surface area (Å²) in [5.74, 6) is -1.10. The van der Waals surface area contributed by atoms with Gasteiger partial charge in [-0.25, -0.2) is 0 Å². The monoisotopic (exact) mass is 281 g/mol. The number of aliphatic carboxylic acids is 2. The fourth-order valence-electron chi connectivity index (χ4n) is 1.90. The van der Waals surface area contributed by atoms with Gasteiger partial charge in [0.2, 0.25) is 0 Å². The van der Waals surface area contributed by atoms with Gasteiger partial charge in [0.25, 0.3) is 0 Å². The Bertz CT molecular complexity index is 461. The molecule has 20 heavy (non-hydrogen) atoms. The Kier molecular flexibility index (Phi) is 6.36. The first kappa shape index (κ1) is 15.8. The van der Waals surface area contributed by atoms with Gasteiger partial charge >= 0.3 is 11.9 Å². The van der Waals surface area contributed by atoms with Gasteiger partial charge in [-0.1, -0.05) is 12.1 Å². The summed E-state index contributed by atoms with van der Waals surface area (Å²) >= 11 is 0. The highest BCUT2D eigenvalue weighted by Gasteiger charge is 2.13. The second kappa shape index (κ2) is 8.04. The van der Waals surface area contributed by atoms with Crippen LogP contribution in [0.1, 0.15) is 19.3 Å². The maximum absolute atomic E-state index is 10.7. The lowest BCUT2D eigenvalue weighted by atomic mass is 10.2. The van der Waals surface area contributed by atoms with E-state index in [2.05, 4.69) is 0 Å². The molecule has 0 aliphatic carbocycles. The zero-order valence-corrected chi connectivity index (χ0v) is 11.4. The Labute approximate surface area is 117 Å². The van der Waals surface area contributed by atoms with Crippen LogP contribution >= 0.6 is 0 Å². The molecule has 0 heterocycles. The van der Waals surface area contributed by atoms with Crippen LogP contribution in [0.5, 0.6) is 5.75 Å². The molecular weight excluding hydrogens is 262 g/mol. The third-order valence-electron chi connectivity index (χ3n) is 2.84. The first-order valence-corrected chi connectivity index (χ1v) is 6.36. The lowest BCUT2D eigenvalue weighted by Gasteiger charge is -2.25. The molecule has 6 nitrogen and oxygen atoms in total. The molecule has 2 N–H and O–H groups in total. The average molecular weight is 281 g/mol. The van der Waals surface area contributed by atoms with Crippen LogP contribution in [0.15, 0.2) is 24.3 Å². The molecule has 0 aliphatic rings. The van der Waals surface area contributed by atoms with Gasteiger partial charge in [-0.3, -0.25) is 9.59 Å². The minimum atomic E-state index is -0.886. The Morgan fingerprint density at radius 2 is 1.75 bits per heavy atom. The number of carbonyl (C=O) groups is 2. The highest BCUT2D eigenvalue weighted by Crippen LogP contribution is 2.28. The molecule has 0 saturated carbocycles. The van der Waals surface area contributed by atoms with Crippen molar-refractivity contribution in [2.75, 3.05) is 25.1 Å². The lowest BCUT2D eigenvalue weighted by Crippen LogP contribution is -2.28. The van der Waals surface area contributed by atoms with E-state index >= 15 is 0 Å². The van der Waals surface area contributed by atoms with E-state index in [1.165, 1.54) is 0 Å². The molecule has 0 fully saturated rings. The van der Waals surface area contributed by atoms with Crippen LogP contribution in [-0.2, 0) is 9.59 Å². The van der Waals surface area contributed by atoms with Crippen molar-refractivity contribution >= 4 is 17.6 Å². The summed E-state index contributed by atoms with van der Waals surface area (Å²) in [7, 11) is 1.55. The predicted molar refractivity (Wildman–Crippen MR) is 74.3 cm³/mol. The number of para-hydroxylation sites is 2. The fourth-order valence-corrected chi connectivity index (χ4v) is 1.90. The normalized spacial score (nSPS) is 10.1. The second-order valence-electron chi connectivity index (χ2n) is 4.30. The van der Waals surface area contributed by atoms with Gasteiger partial charge in [0.05, 0.1) is 19.2 Å². The minimum absolute atomic E-state index is 0.00881. The Hall–Kier alpha value is -2.24. The lowest BCUT2D eigenvalue weighted by molar-refractivity contribution is -0.138. The molecule has 0 radical (unpaired) electrons. The summed E-state index contributed by atoms with van der Waals surface area (Å²) in [4.78, 5) is 23.1. The zero-order valence-electron chi connectivity index (χ0n) is 11.4. The number of benzene rings is 1. The molecule has 0 spiro atoms. The van der Waals surface area contributed by atoms with E-state index in [9.17, 15) is 9.59 Å². The molecular formula is C14H19NO5. The van der Waals surface area contributed by atoms with Crippen molar-refractivity contribution in [1.29, 1.82) is 0 Å². The van der Waals surface area contributed by atoms with Crippen LogP contribution in [-0.4, -0.2) is 42.4 Å². The van der Waals surface area contributed by atoms with Crippen LogP contribution < -0.4 is 9.64 Å². The van der Waals surface area contributed by atoms with Crippen molar-refractivity contribution in [3.8, 4) is 5.75 Å². The smallest absolute Gasteiger partial charge is 0.305 e. The third kappa shape index (κ3) is 5.17. The van der Waals surface area contributed by atoms with E-state index in [1.54, 1.807) is 13.2 Å². The largest absolute Gasteiger partial charge is 0.495 e. The number of methoxy groups -OCH3 is 1. The molecule has 0 aliphatic heterocycles. The van der Waals surface area contributed by atoms with Crippen LogP contribution in [0.3, 0.4) is 0 Å². The van der Waals surface area contributed by atoms with E-state index in [1.807, 2.05) is 23.1 Å². The third-order valence-corrected chi connectivity index (χ3v) is 2.84. The fraction of sp³-hybridized carbons (Fsp3) is 0.429. The number of hydrogen-bond donors (Lipinski definition) is 2. The second-order valence-corrected chi connectivity index (χ2v) is 4.30. The highest BCUT2D eigenvalue weighted by molar-refractivity contribution is 5.68. The minimum Gasteiger partial charge on any atom is -0.495 e. The molecule has 0 aromatic heterocycles. The van der Waals surface area contributed by atoms with Gasteiger partial charge < -0.3 is 19.8 Å².